The van der Waals surface area contributed by atoms with Crippen LogP contribution in [-0.2, 0) is 9.53 Å². The highest BCUT2D eigenvalue weighted by Crippen LogP contribution is 2.21. The fourth-order valence-electron chi connectivity index (χ4n) is 1.86. The van der Waals surface area contributed by atoms with Gasteiger partial charge in [0.25, 0.3) is 0 Å². The van der Waals surface area contributed by atoms with Crippen LogP contribution in [0.2, 0.25) is 0 Å². The number of unbranched alkanes of at least 4 members (excludes halogenated alkanes) is 5. The molecule has 1 rings (SSSR count). The van der Waals surface area contributed by atoms with E-state index < -0.39 is 0 Å². The zero-order chi connectivity index (χ0) is 10.9. The summed E-state index contributed by atoms with van der Waals surface area (Å²) in [6, 6.07) is 0. The van der Waals surface area contributed by atoms with Crippen molar-refractivity contribution >= 4 is 6.29 Å². The molecule has 0 aromatic rings. The van der Waals surface area contributed by atoms with Crippen LogP contribution in [0, 0.1) is 0 Å². The maximum Gasteiger partial charge on any atom is 0.160 e. The van der Waals surface area contributed by atoms with E-state index in [2.05, 4.69) is 13.0 Å². The van der Waals surface area contributed by atoms with Gasteiger partial charge in [0, 0.05) is 12.8 Å². The molecule has 0 saturated carbocycles. The lowest BCUT2D eigenvalue weighted by atomic mass is 10.1. The Morgan fingerprint density at radius 1 is 1.33 bits per heavy atom. The van der Waals surface area contributed by atoms with E-state index in [-0.39, 0.29) is 6.10 Å². The molecule has 0 bridgehead atoms. The molecule has 15 heavy (non-hydrogen) atoms. The van der Waals surface area contributed by atoms with E-state index in [1.54, 1.807) is 0 Å². The zero-order valence-corrected chi connectivity index (χ0v) is 9.71. The average Bonchev–Trinajstić information content (AvgIpc) is 2.71. The minimum Gasteiger partial charge on any atom is -0.487 e. The highest BCUT2D eigenvalue weighted by molar-refractivity contribution is 5.57. The van der Waals surface area contributed by atoms with Crippen LogP contribution in [0.3, 0.4) is 0 Å². The van der Waals surface area contributed by atoms with Crippen LogP contribution in [0.25, 0.3) is 0 Å². The largest absolute Gasteiger partial charge is 0.487 e. The first-order valence-electron chi connectivity index (χ1n) is 6.17. The Bertz CT molecular complexity index is 209. The van der Waals surface area contributed by atoms with Gasteiger partial charge in [-0.15, -0.1) is 0 Å². The number of ether oxygens (including phenoxy) is 1. The minimum atomic E-state index is -0.194. The molecule has 0 aliphatic carbocycles. The third-order valence-electron chi connectivity index (χ3n) is 2.81. The predicted octanol–water partition coefficient (Wildman–Crippen LogP) is 3.61. The van der Waals surface area contributed by atoms with Gasteiger partial charge in [-0.2, -0.15) is 0 Å². The van der Waals surface area contributed by atoms with Crippen molar-refractivity contribution in [2.45, 2.75) is 64.4 Å². The SMILES string of the molecule is CCCCCCCCC1=CCC(C=O)O1. The molecule has 1 unspecified atom stereocenters. The zero-order valence-electron chi connectivity index (χ0n) is 9.71. The molecule has 1 aliphatic rings. The summed E-state index contributed by atoms with van der Waals surface area (Å²) in [4.78, 5) is 10.4. The van der Waals surface area contributed by atoms with Gasteiger partial charge in [-0.3, -0.25) is 4.79 Å². The summed E-state index contributed by atoms with van der Waals surface area (Å²) in [6.07, 6.45) is 12.4. The van der Waals surface area contributed by atoms with Gasteiger partial charge in [0.15, 0.2) is 12.4 Å². The molecule has 1 atom stereocenters. The maximum absolute atomic E-state index is 10.4. The number of allylic oxidation sites excluding steroid dienone is 1. The molecule has 1 heterocycles. The first-order valence-corrected chi connectivity index (χ1v) is 6.17. The number of carbonyl (C=O) groups excluding carboxylic acids is 1. The third kappa shape index (κ3) is 5.01. The number of carbonyl (C=O) groups is 1. The predicted molar refractivity (Wildman–Crippen MR) is 61.6 cm³/mol. The third-order valence-corrected chi connectivity index (χ3v) is 2.81. The summed E-state index contributed by atoms with van der Waals surface area (Å²) in [5.74, 6) is 1.03. The number of aldehydes is 1. The molecule has 0 spiro atoms. The lowest BCUT2D eigenvalue weighted by Gasteiger charge is -2.06. The Morgan fingerprint density at radius 2 is 2.07 bits per heavy atom. The van der Waals surface area contributed by atoms with Gasteiger partial charge in [-0.25, -0.2) is 0 Å². The smallest absolute Gasteiger partial charge is 0.160 e. The molecule has 2 nitrogen and oxygen atoms in total. The number of rotatable bonds is 8. The molecule has 0 saturated heterocycles. The van der Waals surface area contributed by atoms with Crippen molar-refractivity contribution in [1.82, 2.24) is 0 Å². The van der Waals surface area contributed by atoms with Crippen LogP contribution in [0.4, 0.5) is 0 Å². The van der Waals surface area contributed by atoms with Crippen molar-refractivity contribution in [3.05, 3.63) is 11.8 Å². The number of hydrogen-bond donors (Lipinski definition) is 0. The van der Waals surface area contributed by atoms with Gasteiger partial charge >= 0.3 is 0 Å². The van der Waals surface area contributed by atoms with E-state index in [0.717, 1.165) is 24.9 Å². The molecule has 0 aromatic heterocycles. The Balaban J connectivity index is 1.94. The summed E-state index contributed by atoms with van der Waals surface area (Å²) >= 11 is 0. The highest BCUT2D eigenvalue weighted by atomic mass is 16.5. The normalized spacial score (nSPS) is 19.8. The van der Waals surface area contributed by atoms with Crippen molar-refractivity contribution in [2.75, 3.05) is 0 Å². The van der Waals surface area contributed by atoms with Crippen LogP contribution in [-0.4, -0.2) is 12.4 Å². The van der Waals surface area contributed by atoms with Crippen molar-refractivity contribution in [3.8, 4) is 0 Å². The van der Waals surface area contributed by atoms with Gasteiger partial charge in [-0.05, 0) is 12.5 Å². The molecular weight excluding hydrogens is 188 g/mol. The quantitative estimate of drug-likeness (QED) is 0.452. The van der Waals surface area contributed by atoms with Crippen molar-refractivity contribution in [1.29, 1.82) is 0 Å². The second-order valence-electron chi connectivity index (χ2n) is 4.22. The molecule has 0 amide bonds. The molecule has 0 fully saturated rings. The van der Waals surface area contributed by atoms with E-state index >= 15 is 0 Å². The van der Waals surface area contributed by atoms with Crippen molar-refractivity contribution < 1.29 is 9.53 Å². The average molecular weight is 210 g/mol. The second kappa shape index (κ2) is 7.49. The van der Waals surface area contributed by atoms with Gasteiger partial charge < -0.3 is 4.74 Å². The van der Waals surface area contributed by atoms with E-state index in [4.69, 9.17) is 4.74 Å². The van der Waals surface area contributed by atoms with Crippen LogP contribution < -0.4 is 0 Å². The molecule has 1 aliphatic heterocycles. The maximum atomic E-state index is 10.4. The monoisotopic (exact) mass is 210 g/mol. The molecule has 2 heteroatoms. The molecular formula is C13H22O2. The first kappa shape index (κ1) is 12.3. The summed E-state index contributed by atoms with van der Waals surface area (Å²) in [7, 11) is 0. The van der Waals surface area contributed by atoms with Crippen LogP contribution >= 0.6 is 0 Å². The number of hydrogen-bond acceptors (Lipinski definition) is 2. The molecule has 0 radical (unpaired) electrons. The van der Waals surface area contributed by atoms with Gasteiger partial charge in [-0.1, -0.05) is 39.0 Å². The van der Waals surface area contributed by atoms with Crippen LogP contribution in [0.1, 0.15) is 58.3 Å². The lowest BCUT2D eigenvalue weighted by Crippen LogP contribution is -2.06. The fourth-order valence-corrected chi connectivity index (χ4v) is 1.86. The Morgan fingerprint density at radius 3 is 2.73 bits per heavy atom. The van der Waals surface area contributed by atoms with Crippen molar-refractivity contribution in [2.24, 2.45) is 0 Å². The van der Waals surface area contributed by atoms with Crippen LogP contribution in [0.5, 0.6) is 0 Å². The van der Waals surface area contributed by atoms with E-state index in [0.29, 0.717) is 0 Å². The second-order valence-corrected chi connectivity index (χ2v) is 4.22. The summed E-state index contributed by atoms with van der Waals surface area (Å²) in [6.45, 7) is 2.23. The summed E-state index contributed by atoms with van der Waals surface area (Å²) in [5.41, 5.74) is 0. The van der Waals surface area contributed by atoms with Crippen molar-refractivity contribution in [3.63, 3.8) is 0 Å². The molecule has 86 valence electrons. The van der Waals surface area contributed by atoms with Gasteiger partial charge in [0.2, 0.25) is 0 Å². The van der Waals surface area contributed by atoms with E-state index in [1.807, 2.05) is 0 Å². The lowest BCUT2D eigenvalue weighted by molar-refractivity contribution is -0.114. The Labute approximate surface area is 92.7 Å². The topological polar surface area (TPSA) is 26.3 Å². The fraction of sp³-hybridized carbons (Fsp3) is 0.769. The Hall–Kier alpha value is -0.790. The molecule has 0 N–H and O–H groups in total. The summed E-state index contributed by atoms with van der Waals surface area (Å²) < 4.78 is 5.43. The minimum absolute atomic E-state index is 0.194. The highest BCUT2D eigenvalue weighted by Gasteiger charge is 2.15. The van der Waals surface area contributed by atoms with E-state index in [9.17, 15) is 4.79 Å². The summed E-state index contributed by atoms with van der Waals surface area (Å²) in [5, 5.41) is 0. The van der Waals surface area contributed by atoms with E-state index in [1.165, 1.54) is 38.5 Å². The standard InChI is InChI=1S/C13H22O2/c1-2-3-4-5-6-7-8-12-9-10-13(11-14)15-12/h9,11,13H,2-8,10H2,1H3. The first-order chi connectivity index (χ1) is 7.36. The van der Waals surface area contributed by atoms with Gasteiger partial charge in [0.1, 0.15) is 0 Å². The Kier molecular flexibility index (Phi) is 6.14. The molecule has 0 aromatic carbocycles. The van der Waals surface area contributed by atoms with Gasteiger partial charge in [0.05, 0.1) is 5.76 Å². The van der Waals surface area contributed by atoms with Crippen LogP contribution in [0.15, 0.2) is 11.8 Å².